The number of methoxy groups -OCH3 is 4. The highest BCUT2D eigenvalue weighted by molar-refractivity contribution is 5.88. The third-order valence-corrected chi connectivity index (χ3v) is 1.34. The van der Waals surface area contributed by atoms with E-state index in [0.29, 0.717) is 0 Å². The molecule has 0 bridgehead atoms. The van der Waals surface area contributed by atoms with E-state index in [1.807, 2.05) is 0 Å². The lowest BCUT2D eigenvalue weighted by atomic mass is 10.3. The SMILES string of the molecule is COCC(C(=O)OC)=C(OC)OC. The van der Waals surface area contributed by atoms with Crippen molar-refractivity contribution >= 4 is 5.97 Å². The number of carbonyl (C=O) groups excluding carboxylic acids is 1. The van der Waals surface area contributed by atoms with Crippen molar-refractivity contribution in [3.8, 4) is 0 Å². The molecule has 0 aromatic carbocycles. The molecule has 0 aliphatic carbocycles. The first-order valence-corrected chi connectivity index (χ1v) is 3.59. The van der Waals surface area contributed by atoms with Crippen LogP contribution in [0.25, 0.3) is 0 Å². The summed E-state index contributed by atoms with van der Waals surface area (Å²) >= 11 is 0. The van der Waals surface area contributed by atoms with E-state index in [2.05, 4.69) is 4.74 Å². The third kappa shape index (κ3) is 3.33. The molecular weight excluding hydrogens is 176 g/mol. The molecule has 0 saturated carbocycles. The summed E-state index contributed by atoms with van der Waals surface area (Å²) in [7, 11) is 5.54. The van der Waals surface area contributed by atoms with E-state index in [-0.39, 0.29) is 18.1 Å². The number of ether oxygens (including phenoxy) is 4. The van der Waals surface area contributed by atoms with E-state index in [0.717, 1.165) is 0 Å². The van der Waals surface area contributed by atoms with Crippen LogP contribution in [0, 0.1) is 0 Å². The average Bonchev–Trinajstić information content (AvgIpc) is 2.17. The highest BCUT2D eigenvalue weighted by atomic mass is 16.7. The number of hydrogen-bond acceptors (Lipinski definition) is 5. The van der Waals surface area contributed by atoms with Gasteiger partial charge in [-0.05, 0) is 0 Å². The number of rotatable bonds is 5. The molecule has 0 spiro atoms. The van der Waals surface area contributed by atoms with Gasteiger partial charge >= 0.3 is 5.97 Å². The molecule has 0 rings (SSSR count). The van der Waals surface area contributed by atoms with E-state index in [9.17, 15) is 4.79 Å². The largest absolute Gasteiger partial charge is 0.468 e. The zero-order valence-electron chi connectivity index (χ0n) is 8.25. The van der Waals surface area contributed by atoms with Gasteiger partial charge in [0.05, 0.1) is 27.9 Å². The Kier molecular flexibility index (Phi) is 5.71. The van der Waals surface area contributed by atoms with E-state index in [1.165, 1.54) is 28.4 Å². The van der Waals surface area contributed by atoms with Crippen LogP contribution in [0.3, 0.4) is 0 Å². The standard InChI is InChI=1S/C8H14O5/c1-10-5-6(7(9)11-2)8(12-3)13-4/h5H2,1-4H3. The fourth-order valence-electron chi connectivity index (χ4n) is 0.798. The predicted octanol–water partition coefficient (Wildman–Crippen LogP) is 0.310. The molecule has 0 aromatic heterocycles. The zero-order chi connectivity index (χ0) is 10.3. The first kappa shape index (κ1) is 11.8. The molecular formula is C8H14O5. The van der Waals surface area contributed by atoms with Gasteiger partial charge in [-0.15, -0.1) is 0 Å². The normalized spacial score (nSPS) is 8.92. The van der Waals surface area contributed by atoms with E-state index < -0.39 is 5.97 Å². The first-order valence-electron chi connectivity index (χ1n) is 3.59. The highest BCUT2D eigenvalue weighted by Gasteiger charge is 2.17. The Hall–Kier alpha value is -1.23. The van der Waals surface area contributed by atoms with Gasteiger partial charge in [-0.1, -0.05) is 0 Å². The minimum Gasteiger partial charge on any atom is -0.468 e. The lowest BCUT2D eigenvalue weighted by Gasteiger charge is -2.09. The van der Waals surface area contributed by atoms with Crippen molar-refractivity contribution in [2.75, 3.05) is 35.0 Å². The van der Waals surface area contributed by atoms with Gasteiger partial charge in [-0.25, -0.2) is 4.79 Å². The summed E-state index contributed by atoms with van der Waals surface area (Å²) in [6.07, 6.45) is 0. The van der Waals surface area contributed by atoms with Gasteiger partial charge in [-0.2, -0.15) is 0 Å². The Labute approximate surface area is 77.2 Å². The summed E-state index contributed by atoms with van der Waals surface area (Å²) in [4.78, 5) is 11.1. The smallest absolute Gasteiger partial charge is 0.343 e. The molecule has 0 N–H and O–H groups in total. The molecule has 0 aliphatic rings. The molecule has 0 fully saturated rings. The quantitative estimate of drug-likeness (QED) is 0.355. The van der Waals surface area contributed by atoms with Crippen molar-refractivity contribution in [1.82, 2.24) is 0 Å². The Morgan fingerprint density at radius 2 is 1.54 bits per heavy atom. The molecule has 0 unspecified atom stereocenters. The molecule has 0 atom stereocenters. The third-order valence-electron chi connectivity index (χ3n) is 1.34. The summed E-state index contributed by atoms with van der Waals surface area (Å²) in [6.45, 7) is 0.0870. The highest BCUT2D eigenvalue weighted by Crippen LogP contribution is 2.08. The molecule has 0 heterocycles. The maximum Gasteiger partial charge on any atom is 0.343 e. The van der Waals surface area contributed by atoms with Crippen molar-refractivity contribution in [2.45, 2.75) is 0 Å². The fourth-order valence-corrected chi connectivity index (χ4v) is 0.798. The number of hydrogen-bond donors (Lipinski definition) is 0. The number of esters is 1. The Morgan fingerprint density at radius 1 is 1.00 bits per heavy atom. The minimum absolute atomic E-state index is 0.0870. The van der Waals surface area contributed by atoms with Gasteiger partial charge in [-0.3, -0.25) is 0 Å². The summed E-state index contributed by atoms with van der Waals surface area (Å²) in [5.41, 5.74) is 0.218. The van der Waals surface area contributed by atoms with Gasteiger partial charge < -0.3 is 18.9 Å². The number of carbonyl (C=O) groups is 1. The lowest BCUT2D eigenvalue weighted by Crippen LogP contribution is -2.14. The van der Waals surface area contributed by atoms with Gasteiger partial charge in [0.1, 0.15) is 5.57 Å². The summed E-state index contributed by atoms with van der Waals surface area (Å²) in [5, 5.41) is 0. The average molecular weight is 190 g/mol. The summed E-state index contributed by atoms with van der Waals surface area (Å²) < 4.78 is 18.9. The van der Waals surface area contributed by atoms with Crippen LogP contribution in [0.2, 0.25) is 0 Å². The second kappa shape index (κ2) is 6.30. The van der Waals surface area contributed by atoms with Crippen LogP contribution < -0.4 is 0 Å². The van der Waals surface area contributed by atoms with Crippen molar-refractivity contribution in [2.24, 2.45) is 0 Å². The maximum absolute atomic E-state index is 11.1. The maximum atomic E-state index is 11.1. The van der Waals surface area contributed by atoms with Crippen molar-refractivity contribution in [3.05, 3.63) is 11.5 Å². The molecule has 0 radical (unpaired) electrons. The summed E-state index contributed by atoms with van der Waals surface area (Å²) in [6, 6.07) is 0. The molecule has 5 heteroatoms. The van der Waals surface area contributed by atoms with Gasteiger partial charge in [0, 0.05) is 7.11 Å². The Morgan fingerprint density at radius 3 is 1.85 bits per heavy atom. The van der Waals surface area contributed by atoms with Crippen LogP contribution in [-0.2, 0) is 23.7 Å². The van der Waals surface area contributed by atoms with Crippen LogP contribution in [0.1, 0.15) is 0 Å². The molecule has 0 aliphatic heterocycles. The molecule has 5 nitrogen and oxygen atoms in total. The fraction of sp³-hybridized carbons (Fsp3) is 0.625. The van der Waals surface area contributed by atoms with Gasteiger partial charge in [0.2, 0.25) is 0 Å². The van der Waals surface area contributed by atoms with Gasteiger partial charge in [0.15, 0.2) is 0 Å². The molecule has 13 heavy (non-hydrogen) atoms. The second-order valence-electron chi connectivity index (χ2n) is 2.10. The minimum atomic E-state index is -0.527. The molecule has 0 amide bonds. The molecule has 0 aromatic rings. The van der Waals surface area contributed by atoms with Crippen LogP contribution >= 0.6 is 0 Å². The van der Waals surface area contributed by atoms with Crippen molar-refractivity contribution < 1.29 is 23.7 Å². The van der Waals surface area contributed by atoms with Crippen LogP contribution in [-0.4, -0.2) is 41.0 Å². The molecule has 76 valence electrons. The zero-order valence-corrected chi connectivity index (χ0v) is 8.25. The van der Waals surface area contributed by atoms with E-state index in [1.54, 1.807) is 0 Å². The second-order valence-corrected chi connectivity index (χ2v) is 2.10. The lowest BCUT2D eigenvalue weighted by molar-refractivity contribution is -0.137. The van der Waals surface area contributed by atoms with Crippen LogP contribution in [0.15, 0.2) is 11.5 Å². The predicted molar refractivity (Wildman–Crippen MR) is 44.9 cm³/mol. The van der Waals surface area contributed by atoms with Gasteiger partial charge in [0.25, 0.3) is 5.95 Å². The Balaban J connectivity index is 4.72. The molecule has 0 saturated heterocycles. The van der Waals surface area contributed by atoms with E-state index in [4.69, 9.17) is 14.2 Å². The van der Waals surface area contributed by atoms with Crippen LogP contribution in [0.5, 0.6) is 0 Å². The topological polar surface area (TPSA) is 54.0 Å². The van der Waals surface area contributed by atoms with Crippen molar-refractivity contribution in [3.63, 3.8) is 0 Å². The monoisotopic (exact) mass is 190 g/mol. The summed E-state index contributed by atoms with van der Waals surface area (Å²) in [5.74, 6) is -0.422. The Bertz CT molecular complexity index is 191. The van der Waals surface area contributed by atoms with E-state index >= 15 is 0 Å². The van der Waals surface area contributed by atoms with Crippen LogP contribution in [0.4, 0.5) is 0 Å². The van der Waals surface area contributed by atoms with Crippen molar-refractivity contribution in [1.29, 1.82) is 0 Å². The first-order chi connectivity index (χ1) is 6.21.